The number of carboxylic acids is 2. The zero-order valence-corrected chi connectivity index (χ0v) is 18.8. The Bertz CT molecular complexity index is 1240. The van der Waals surface area contributed by atoms with E-state index in [4.69, 9.17) is 9.84 Å². The summed E-state index contributed by atoms with van der Waals surface area (Å²) >= 11 is 0. The maximum Gasteiger partial charge on any atom is 0.326 e. The topological polar surface area (TPSA) is 188 Å². The van der Waals surface area contributed by atoms with Crippen molar-refractivity contribution in [1.82, 2.24) is 5.32 Å². The molecule has 11 nitrogen and oxygen atoms in total. The summed E-state index contributed by atoms with van der Waals surface area (Å²) in [6.07, 6.45) is 0.246. The molecule has 180 valence electrons. The second-order valence-electron chi connectivity index (χ2n) is 8.35. The fourth-order valence-electron chi connectivity index (χ4n) is 4.22. The van der Waals surface area contributed by atoms with E-state index < -0.39 is 64.2 Å². The summed E-state index contributed by atoms with van der Waals surface area (Å²) in [5.41, 5.74) is -2.64. The number of aromatic hydroxyl groups is 2. The number of hydrogen-bond donors (Lipinski definition) is 5. The van der Waals surface area contributed by atoms with E-state index in [1.165, 1.54) is 27.7 Å². The SMILES string of the molecule is CC(=O)c1c(O)c(C)c(O)c2c1OC1=CC(=O)/C(=C(\C)N[C@H](CCC(=O)O)C(=O)O)C(=O)[C@@]12C. The van der Waals surface area contributed by atoms with Crippen molar-refractivity contribution in [3.8, 4) is 17.2 Å². The van der Waals surface area contributed by atoms with Crippen LogP contribution in [-0.2, 0) is 24.6 Å². The van der Waals surface area contributed by atoms with Crippen molar-refractivity contribution >= 4 is 29.3 Å². The molecule has 0 bridgehead atoms. The Morgan fingerprint density at radius 2 is 1.74 bits per heavy atom. The molecule has 11 heteroatoms. The molecule has 5 N–H and O–H groups in total. The van der Waals surface area contributed by atoms with Crippen molar-refractivity contribution in [1.29, 1.82) is 0 Å². The summed E-state index contributed by atoms with van der Waals surface area (Å²) in [6.45, 7) is 5.21. The number of carbonyl (C=O) groups excluding carboxylic acids is 3. The molecule has 1 aromatic carbocycles. The molecule has 1 aromatic rings. The number of fused-ring (bicyclic) bond motifs is 3. The molecule has 1 aliphatic carbocycles. The summed E-state index contributed by atoms with van der Waals surface area (Å²) in [5.74, 6) is -6.18. The number of hydrogen-bond acceptors (Lipinski definition) is 9. The number of benzene rings is 1. The molecule has 2 aliphatic rings. The second-order valence-corrected chi connectivity index (χ2v) is 8.35. The highest BCUT2D eigenvalue weighted by Gasteiger charge is 2.56. The standard InChI is InChI=1S/C23H23NO10/c1-8-18(29)16(10(3)25)20-17(19(8)30)23(4)13(34-20)7-12(26)15(21(23)31)9(2)24-11(22(32)33)5-6-14(27)28/h7,11,24,29-30H,5-6H2,1-4H3,(H,27,28)(H,32,33)/b15-9-/t11-,23+/m1/s1. The first-order valence-corrected chi connectivity index (χ1v) is 10.2. The highest BCUT2D eigenvalue weighted by molar-refractivity contribution is 6.31. The van der Waals surface area contributed by atoms with Gasteiger partial charge in [-0.25, -0.2) is 4.79 Å². The Morgan fingerprint density at radius 3 is 2.26 bits per heavy atom. The fraction of sp³-hybridized carbons (Fsp3) is 0.348. The van der Waals surface area contributed by atoms with Crippen LogP contribution in [0.2, 0.25) is 0 Å². The van der Waals surface area contributed by atoms with E-state index in [0.29, 0.717) is 0 Å². The van der Waals surface area contributed by atoms with Crippen LogP contribution in [0.25, 0.3) is 0 Å². The summed E-state index contributed by atoms with van der Waals surface area (Å²) in [6, 6.07) is -1.38. The minimum absolute atomic E-state index is 0.0558. The number of ether oxygens (including phenoxy) is 1. The molecule has 0 aromatic heterocycles. The van der Waals surface area contributed by atoms with E-state index in [1.807, 2.05) is 0 Å². The van der Waals surface area contributed by atoms with Gasteiger partial charge in [0.1, 0.15) is 40.0 Å². The number of ketones is 3. The van der Waals surface area contributed by atoms with Gasteiger partial charge < -0.3 is 30.5 Å². The number of phenols is 2. The molecule has 0 fully saturated rings. The first-order valence-electron chi connectivity index (χ1n) is 10.2. The van der Waals surface area contributed by atoms with Crippen LogP contribution in [0.1, 0.15) is 55.1 Å². The molecule has 1 aliphatic heterocycles. The van der Waals surface area contributed by atoms with Gasteiger partial charge in [0.05, 0.1) is 11.1 Å². The molecule has 0 spiro atoms. The van der Waals surface area contributed by atoms with Crippen LogP contribution in [0.15, 0.2) is 23.1 Å². The van der Waals surface area contributed by atoms with Crippen molar-refractivity contribution < 1.29 is 49.1 Å². The van der Waals surface area contributed by atoms with Crippen molar-refractivity contribution in [2.24, 2.45) is 0 Å². The largest absolute Gasteiger partial charge is 0.507 e. The molecule has 0 amide bonds. The average Bonchev–Trinajstić information content (AvgIpc) is 3.02. The van der Waals surface area contributed by atoms with Gasteiger partial charge in [0.25, 0.3) is 0 Å². The number of Topliss-reactive ketones (excluding diaryl/α,β-unsaturated/α-hetero) is 2. The minimum atomic E-state index is -1.74. The average molecular weight is 473 g/mol. The lowest BCUT2D eigenvalue weighted by Gasteiger charge is -2.29. The van der Waals surface area contributed by atoms with Crippen molar-refractivity contribution in [2.45, 2.75) is 52.0 Å². The minimum Gasteiger partial charge on any atom is -0.507 e. The summed E-state index contributed by atoms with van der Waals surface area (Å²) in [4.78, 5) is 61.1. The number of carboxylic acid groups (broad SMARTS) is 2. The third-order valence-electron chi connectivity index (χ3n) is 6.10. The lowest BCUT2D eigenvalue weighted by atomic mass is 9.70. The molecule has 0 unspecified atom stereocenters. The van der Waals surface area contributed by atoms with Gasteiger partial charge in [-0.05, 0) is 34.1 Å². The van der Waals surface area contributed by atoms with Gasteiger partial charge in [-0.3, -0.25) is 19.2 Å². The molecular weight excluding hydrogens is 450 g/mol. The smallest absolute Gasteiger partial charge is 0.326 e. The number of allylic oxidation sites excluding steroid dienone is 4. The fourth-order valence-corrected chi connectivity index (χ4v) is 4.22. The monoisotopic (exact) mass is 473 g/mol. The highest BCUT2D eigenvalue weighted by Crippen LogP contribution is 2.57. The van der Waals surface area contributed by atoms with Crippen LogP contribution in [0.4, 0.5) is 0 Å². The number of aliphatic carboxylic acids is 2. The maximum absolute atomic E-state index is 13.7. The third kappa shape index (κ3) is 3.58. The van der Waals surface area contributed by atoms with Crippen molar-refractivity contribution in [3.05, 3.63) is 39.8 Å². The molecular formula is C23H23NO10. The van der Waals surface area contributed by atoms with E-state index in [1.54, 1.807) is 0 Å². The van der Waals surface area contributed by atoms with Gasteiger partial charge in [-0.1, -0.05) is 0 Å². The molecule has 34 heavy (non-hydrogen) atoms. The van der Waals surface area contributed by atoms with Crippen molar-refractivity contribution in [2.75, 3.05) is 0 Å². The Morgan fingerprint density at radius 1 is 1.12 bits per heavy atom. The van der Waals surface area contributed by atoms with E-state index in [0.717, 1.165) is 6.08 Å². The van der Waals surface area contributed by atoms with E-state index in [2.05, 4.69) is 5.32 Å². The number of carbonyl (C=O) groups is 5. The van der Waals surface area contributed by atoms with E-state index in [-0.39, 0.29) is 40.3 Å². The van der Waals surface area contributed by atoms with E-state index in [9.17, 15) is 39.3 Å². The lowest BCUT2D eigenvalue weighted by molar-refractivity contribution is -0.140. The highest BCUT2D eigenvalue weighted by atomic mass is 16.5. The molecule has 2 atom stereocenters. The van der Waals surface area contributed by atoms with Crippen LogP contribution < -0.4 is 10.1 Å². The predicted octanol–water partition coefficient (Wildman–Crippen LogP) is 1.48. The number of rotatable bonds is 7. The van der Waals surface area contributed by atoms with Gasteiger partial charge in [0.15, 0.2) is 17.3 Å². The summed E-state index contributed by atoms with van der Waals surface area (Å²) < 4.78 is 5.65. The zero-order chi connectivity index (χ0) is 25.7. The van der Waals surface area contributed by atoms with Crippen LogP contribution in [0.3, 0.4) is 0 Å². The Balaban J connectivity index is 2.17. The normalized spacial score (nSPS) is 21.1. The molecule has 1 heterocycles. The Labute approximate surface area is 193 Å². The first-order chi connectivity index (χ1) is 15.7. The Hall–Kier alpha value is -4.15. The van der Waals surface area contributed by atoms with E-state index >= 15 is 0 Å². The van der Waals surface area contributed by atoms with Gasteiger partial charge in [-0.15, -0.1) is 0 Å². The van der Waals surface area contributed by atoms with Crippen molar-refractivity contribution in [3.63, 3.8) is 0 Å². The number of phenolic OH excluding ortho intramolecular Hbond substituents is 2. The van der Waals surface area contributed by atoms with Gasteiger partial charge >= 0.3 is 11.9 Å². The Kier molecular flexibility index (Phi) is 6.00. The third-order valence-corrected chi connectivity index (χ3v) is 6.10. The number of nitrogens with one attached hydrogen (secondary N) is 1. The van der Waals surface area contributed by atoms with Crippen LogP contribution in [-0.4, -0.2) is 55.8 Å². The molecule has 0 radical (unpaired) electrons. The zero-order valence-electron chi connectivity index (χ0n) is 18.8. The lowest BCUT2D eigenvalue weighted by Crippen LogP contribution is -2.43. The second kappa shape index (κ2) is 8.32. The summed E-state index contributed by atoms with van der Waals surface area (Å²) in [7, 11) is 0. The predicted molar refractivity (Wildman–Crippen MR) is 115 cm³/mol. The van der Waals surface area contributed by atoms with Gasteiger partial charge in [0.2, 0.25) is 0 Å². The van der Waals surface area contributed by atoms with Crippen LogP contribution >= 0.6 is 0 Å². The van der Waals surface area contributed by atoms with Gasteiger partial charge in [-0.2, -0.15) is 0 Å². The molecule has 3 rings (SSSR count). The van der Waals surface area contributed by atoms with Gasteiger partial charge in [0, 0.05) is 23.8 Å². The first kappa shape index (κ1) is 24.5. The molecule has 0 saturated heterocycles. The molecule has 0 saturated carbocycles. The van der Waals surface area contributed by atoms with Crippen LogP contribution in [0.5, 0.6) is 17.2 Å². The maximum atomic E-state index is 13.7. The summed E-state index contributed by atoms with van der Waals surface area (Å²) in [5, 5.41) is 41.9. The van der Waals surface area contributed by atoms with Crippen LogP contribution in [0, 0.1) is 6.92 Å². The quantitative estimate of drug-likeness (QED) is 0.219.